The van der Waals surface area contributed by atoms with Crippen molar-refractivity contribution in [3.05, 3.63) is 40.7 Å². The lowest BCUT2D eigenvalue weighted by Crippen LogP contribution is -2.35. The Morgan fingerprint density at radius 2 is 1.77 bits per heavy atom. The number of carbonyl (C=O) groups excluding carboxylic acids is 2. The number of carbonyl (C=O) groups is 2. The second kappa shape index (κ2) is 7.24. The Morgan fingerprint density at radius 1 is 1.12 bits per heavy atom. The average Bonchev–Trinajstić information content (AvgIpc) is 3.13. The molecule has 1 aromatic heterocycles. The summed E-state index contributed by atoms with van der Waals surface area (Å²) in [5.41, 5.74) is 0.620. The highest BCUT2D eigenvalue weighted by atomic mass is 32.2. The Hall–Kier alpha value is -2.75. The fraction of sp³-hybridized carbons (Fsp3) is 0.312. The van der Waals surface area contributed by atoms with Gasteiger partial charge in [0.25, 0.3) is 11.8 Å². The first-order valence-electron chi connectivity index (χ1n) is 8.01. The van der Waals surface area contributed by atoms with Gasteiger partial charge in [-0.1, -0.05) is 0 Å². The molecule has 0 atom stereocenters. The van der Waals surface area contributed by atoms with E-state index in [2.05, 4.69) is 15.5 Å². The molecule has 1 aromatic carbocycles. The number of thioether (sulfide) groups is 1. The van der Waals surface area contributed by atoms with Crippen molar-refractivity contribution in [3.8, 4) is 0 Å². The van der Waals surface area contributed by atoms with Gasteiger partial charge in [-0.25, -0.2) is 14.0 Å². The maximum absolute atomic E-state index is 13.2. The average molecular weight is 376 g/mol. The summed E-state index contributed by atoms with van der Waals surface area (Å²) in [6.07, 6.45) is 0. The van der Waals surface area contributed by atoms with E-state index in [1.54, 1.807) is 7.05 Å². The van der Waals surface area contributed by atoms with Crippen LogP contribution in [0.25, 0.3) is 0 Å². The van der Waals surface area contributed by atoms with E-state index < -0.39 is 17.6 Å². The van der Waals surface area contributed by atoms with Gasteiger partial charge in [0, 0.05) is 20.1 Å². The molecule has 0 radical (unpaired) electrons. The number of rotatable bonds is 6. The van der Waals surface area contributed by atoms with Gasteiger partial charge in [0.05, 0.1) is 5.69 Å². The molecule has 2 amide bonds. The fourth-order valence-corrected chi connectivity index (χ4v) is 3.55. The number of aryl methyl sites for hydroxylation is 1. The number of hydrogen-bond donors (Lipinski definition) is 0. The van der Waals surface area contributed by atoms with Gasteiger partial charge in [-0.05, 0) is 60.3 Å². The van der Waals surface area contributed by atoms with Gasteiger partial charge in [0.2, 0.25) is 5.16 Å². The normalized spacial score (nSPS) is 14.5. The van der Waals surface area contributed by atoms with Crippen molar-refractivity contribution in [3.63, 3.8) is 0 Å². The SMILES string of the molecule is CCN(CC)C1=C(Sc2nnnn2C)C(=O)N(c2ccc(F)cc2)C1=O. The minimum Gasteiger partial charge on any atom is -0.367 e. The van der Waals surface area contributed by atoms with Crippen LogP contribution < -0.4 is 4.90 Å². The third-order valence-corrected chi connectivity index (χ3v) is 5.06. The number of tetrazole rings is 1. The standard InChI is InChI=1S/C16H17FN6O2S/c1-4-22(5-2)12-13(26-16-18-19-20-21(16)3)15(25)23(14(12)24)11-8-6-10(17)7-9-11/h6-9H,4-5H2,1-3H3. The Bertz CT molecular complexity index is 875. The van der Waals surface area contributed by atoms with Gasteiger partial charge in [0.15, 0.2) is 0 Å². The van der Waals surface area contributed by atoms with Crippen LogP contribution in [0.15, 0.2) is 40.0 Å². The zero-order valence-electron chi connectivity index (χ0n) is 14.5. The lowest BCUT2D eigenvalue weighted by Gasteiger charge is -2.22. The number of aromatic nitrogens is 4. The number of hydrogen-bond acceptors (Lipinski definition) is 7. The van der Waals surface area contributed by atoms with Gasteiger partial charge >= 0.3 is 0 Å². The molecule has 26 heavy (non-hydrogen) atoms. The van der Waals surface area contributed by atoms with Crippen LogP contribution in [-0.2, 0) is 16.6 Å². The Kier molecular flexibility index (Phi) is 5.03. The highest BCUT2D eigenvalue weighted by molar-refractivity contribution is 8.04. The van der Waals surface area contributed by atoms with Crippen LogP contribution in [0.4, 0.5) is 10.1 Å². The number of benzene rings is 1. The van der Waals surface area contributed by atoms with Crippen LogP contribution in [0.1, 0.15) is 13.8 Å². The highest BCUT2D eigenvalue weighted by Crippen LogP contribution is 2.37. The Balaban J connectivity index is 2.05. The number of imide groups is 1. The van der Waals surface area contributed by atoms with Crippen LogP contribution in [0.2, 0.25) is 0 Å². The molecule has 0 unspecified atom stereocenters. The third-order valence-electron chi connectivity index (χ3n) is 3.96. The van der Waals surface area contributed by atoms with Crippen LogP contribution in [0, 0.1) is 5.82 Å². The molecule has 0 saturated heterocycles. The van der Waals surface area contributed by atoms with Crippen LogP contribution in [0.5, 0.6) is 0 Å². The van der Waals surface area contributed by atoms with Gasteiger partial charge in [-0.3, -0.25) is 9.59 Å². The van der Waals surface area contributed by atoms with E-state index in [0.29, 0.717) is 29.6 Å². The first-order chi connectivity index (χ1) is 12.5. The molecule has 1 aliphatic heterocycles. The van der Waals surface area contributed by atoms with Gasteiger partial charge < -0.3 is 4.90 Å². The molecule has 10 heteroatoms. The maximum Gasteiger partial charge on any atom is 0.283 e. The topological polar surface area (TPSA) is 84.2 Å². The van der Waals surface area contributed by atoms with Crippen molar-refractivity contribution in [1.82, 2.24) is 25.1 Å². The molecule has 136 valence electrons. The van der Waals surface area contributed by atoms with Crippen molar-refractivity contribution in [2.24, 2.45) is 7.05 Å². The first kappa shape index (κ1) is 18.1. The molecule has 3 rings (SSSR count). The fourth-order valence-electron chi connectivity index (χ4n) is 2.63. The predicted octanol–water partition coefficient (Wildman–Crippen LogP) is 1.57. The van der Waals surface area contributed by atoms with E-state index >= 15 is 0 Å². The summed E-state index contributed by atoms with van der Waals surface area (Å²) >= 11 is 1.04. The summed E-state index contributed by atoms with van der Waals surface area (Å²) in [7, 11) is 1.65. The number of amides is 2. The zero-order chi connectivity index (χ0) is 18.8. The Labute approximate surface area is 153 Å². The van der Waals surface area contributed by atoms with Gasteiger partial charge in [-0.15, -0.1) is 5.10 Å². The van der Waals surface area contributed by atoms with Crippen molar-refractivity contribution in [1.29, 1.82) is 0 Å². The quantitative estimate of drug-likeness (QED) is 0.708. The molecule has 0 saturated carbocycles. The van der Waals surface area contributed by atoms with E-state index in [1.165, 1.54) is 28.9 Å². The summed E-state index contributed by atoms with van der Waals surface area (Å²) in [5, 5.41) is 11.6. The van der Waals surface area contributed by atoms with E-state index in [0.717, 1.165) is 16.7 Å². The second-order valence-corrected chi connectivity index (χ2v) is 6.44. The third kappa shape index (κ3) is 3.07. The minimum atomic E-state index is -0.475. The van der Waals surface area contributed by atoms with Crippen LogP contribution in [0.3, 0.4) is 0 Å². The number of halogens is 1. The van der Waals surface area contributed by atoms with Crippen molar-refractivity contribution < 1.29 is 14.0 Å². The predicted molar refractivity (Wildman–Crippen MR) is 93.5 cm³/mol. The van der Waals surface area contributed by atoms with Gasteiger partial charge in [0.1, 0.15) is 16.4 Å². The largest absolute Gasteiger partial charge is 0.367 e. The lowest BCUT2D eigenvalue weighted by atomic mass is 10.3. The molecule has 2 aromatic rings. The molecule has 8 nitrogen and oxygen atoms in total. The molecular formula is C16H17FN6O2S. The summed E-state index contributed by atoms with van der Waals surface area (Å²) in [6.45, 7) is 4.93. The van der Waals surface area contributed by atoms with E-state index in [1.807, 2.05) is 18.7 Å². The highest BCUT2D eigenvalue weighted by Gasteiger charge is 2.42. The summed E-state index contributed by atoms with van der Waals surface area (Å²) < 4.78 is 14.6. The summed E-state index contributed by atoms with van der Waals surface area (Å²) in [4.78, 5) is 29.2. The minimum absolute atomic E-state index is 0.251. The first-order valence-corrected chi connectivity index (χ1v) is 8.83. The Morgan fingerprint density at radius 3 is 2.31 bits per heavy atom. The van der Waals surface area contributed by atoms with Crippen molar-refractivity contribution >= 4 is 29.3 Å². The summed E-state index contributed by atoms with van der Waals surface area (Å²) in [6, 6.07) is 5.24. The lowest BCUT2D eigenvalue weighted by molar-refractivity contribution is -0.121. The molecule has 0 N–H and O–H groups in total. The molecular weight excluding hydrogens is 359 g/mol. The molecule has 0 aliphatic carbocycles. The monoisotopic (exact) mass is 376 g/mol. The zero-order valence-corrected chi connectivity index (χ0v) is 15.3. The van der Waals surface area contributed by atoms with Crippen LogP contribution in [-0.4, -0.2) is 50.0 Å². The maximum atomic E-state index is 13.2. The molecule has 2 heterocycles. The van der Waals surface area contributed by atoms with E-state index in [4.69, 9.17) is 0 Å². The molecule has 0 fully saturated rings. The van der Waals surface area contributed by atoms with Crippen molar-refractivity contribution in [2.75, 3.05) is 18.0 Å². The van der Waals surface area contributed by atoms with Crippen molar-refractivity contribution in [2.45, 2.75) is 19.0 Å². The van der Waals surface area contributed by atoms with Gasteiger partial charge in [-0.2, -0.15) is 0 Å². The number of anilines is 1. The van der Waals surface area contributed by atoms with Crippen LogP contribution >= 0.6 is 11.8 Å². The van der Waals surface area contributed by atoms with E-state index in [-0.39, 0.29) is 4.91 Å². The molecule has 0 spiro atoms. The number of likely N-dealkylation sites (N-methyl/N-ethyl adjacent to an activating group) is 1. The van der Waals surface area contributed by atoms with E-state index in [9.17, 15) is 14.0 Å². The smallest absolute Gasteiger partial charge is 0.283 e. The second-order valence-electron chi connectivity index (χ2n) is 5.46. The molecule has 0 bridgehead atoms. The summed E-state index contributed by atoms with van der Waals surface area (Å²) in [5.74, 6) is -1.36. The molecule has 1 aliphatic rings. The number of nitrogens with zero attached hydrogens (tertiary/aromatic N) is 6.